The molecule has 0 spiro atoms. The molecule has 0 saturated carbocycles. The van der Waals surface area contributed by atoms with Gasteiger partial charge in [-0.1, -0.05) is 23.7 Å². The number of rotatable bonds is 5. The summed E-state index contributed by atoms with van der Waals surface area (Å²) in [6, 6.07) is 9.91. The van der Waals surface area contributed by atoms with Gasteiger partial charge in [-0.2, -0.15) is 0 Å². The van der Waals surface area contributed by atoms with Crippen LogP contribution in [0.1, 0.15) is 36.7 Å². The Morgan fingerprint density at radius 2 is 1.80 bits per heavy atom. The number of sulfonamides is 1. The topological polar surface area (TPSA) is 117 Å². The number of anilines is 1. The molecule has 8 nitrogen and oxygen atoms in total. The minimum atomic E-state index is -3.70. The standard InChI is InChI=1S/C20H21ClN4O4S/c1-11(2)22-20(27)14-9-8-13(21)10-16(14)24-19(26)12(3)23-18-15-6-4-5-7-17(15)30(28,29)25-18/h4-12H,1-3H3,(H,22,27)(H,23,25)(H,24,26)/t12-/m0/s1. The Morgan fingerprint density at radius 3 is 2.50 bits per heavy atom. The van der Waals surface area contributed by atoms with Gasteiger partial charge in [-0.05, 0) is 51.1 Å². The number of hydrogen-bond acceptors (Lipinski definition) is 5. The van der Waals surface area contributed by atoms with Gasteiger partial charge in [-0.25, -0.2) is 8.42 Å². The lowest BCUT2D eigenvalue weighted by Gasteiger charge is -2.15. The van der Waals surface area contributed by atoms with E-state index in [-0.39, 0.29) is 33.9 Å². The van der Waals surface area contributed by atoms with E-state index < -0.39 is 22.0 Å². The van der Waals surface area contributed by atoms with Crippen molar-refractivity contribution in [1.82, 2.24) is 10.0 Å². The van der Waals surface area contributed by atoms with Crippen LogP contribution in [-0.2, 0) is 14.8 Å². The predicted molar refractivity (Wildman–Crippen MR) is 115 cm³/mol. The maximum absolute atomic E-state index is 12.7. The minimum Gasteiger partial charge on any atom is -0.350 e. The lowest BCUT2D eigenvalue weighted by atomic mass is 10.1. The summed E-state index contributed by atoms with van der Waals surface area (Å²) in [5.41, 5.74) is 0.898. The van der Waals surface area contributed by atoms with E-state index in [9.17, 15) is 18.0 Å². The van der Waals surface area contributed by atoms with E-state index >= 15 is 0 Å². The second-order valence-corrected chi connectivity index (χ2v) is 9.15. The highest BCUT2D eigenvalue weighted by molar-refractivity contribution is 7.90. The van der Waals surface area contributed by atoms with Gasteiger partial charge in [0.05, 0.1) is 16.1 Å². The van der Waals surface area contributed by atoms with Crippen molar-refractivity contribution in [3.8, 4) is 0 Å². The molecule has 1 atom stereocenters. The molecular weight excluding hydrogens is 428 g/mol. The van der Waals surface area contributed by atoms with Gasteiger partial charge in [0, 0.05) is 16.6 Å². The average molecular weight is 449 g/mol. The van der Waals surface area contributed by atoms with E-state index in [4.69, 9.17) is 11.6 Å². The Balaban J connectivity index is 1.85. The van der Waals surface area contributed by atoms with E-state index in [1.807, 2.05) is 13.8 Å². The molecule has 2 aromatic carbocycles. The van der Waals surface area contributed by atoms with Crippen molar-refractivity contribution in [2.24, 2.45) is 4.99 Å². The summed E-state index contributed by atoms with van der Waals surface area (Å²) < 4.78 is 26.8. The SMILES string of the molecule is CC(C)NC(=O)c1ccc(Cl)cc1NC(=O)[C@H](C)N=C1NS(=O)(=O)c2ccccc21. The minimum absolute atomic E-state index is 0.0856. The fourth-order valence-electron chi connectivity index (χ4n) is 2.88. The molecule has 30 heavy (non-hydrogen) atoms. The maximum atomic E-state index is 12.7. The van der Waals surface area contributed by atoms with Crippen LogP contribution in [-0.4, -0.2) is 38.2 Å². The van der Waals surface area contributed by atoms with Crippen LogP contribution in [0, 0.1) is 0 Å². The van der Waals surface area contributed by atoms with Crippen LogP contribution < -0.4 is 15.4 Å². The zero-order chi connectivity index (χ0) is 22.1. The molecule has 1 heterocycles. The second kappa shape index (κ2) is 8.45. The first-order valence-electron chi connectivity index (χ1n) is 9.20. The number of nitrogens with one attached hydrogen (secondary N) is 3. The van der Waals surface area contributed by atoms with Crippen molar-refractivity contribution >= 4 is 45.0 Å². The lowest BCUT2D eigenvalue weighted by molar-refractivity contribution is -0.117. The maximum Gasteiger partial charge on any atom is 0.263 e. The van der Waals surface area contributed by atoms with Gasteiger partial charge in [-0.3, -0.25) is 19.3 Å². The Kier molecular flexibility index (Phi) is 6.14. The smallest absolute Gasteiger partial charge is 0.263 e. The van der Waals surface area contributed by atoms with Gasteiger partial charge in [0.15, 0.2) is 0 Å². The summed E-state index contributed by atoms with van der Waals surface area (Å²) in [6.07, 6.45) is 0. The highest BCUT2D eigenvalue weighted by Crippen LogP contribution is 2.24. The molecule has 0 saturated heterocycles. The van der Waals surface area contributed by atoms with Gasteiger partial charge >= 0.3 is 0 Å². The summed E-state index contributed by atoms with van der Waals surface area (Å²) in [5, 5.41) is 5.77. The first-order chi connectivity index (χ1) is 14.1. The van der Waals surface area contributed by atoms with Gasteiger partial charge in [-0.15, -0.1) is 0 Å². The summed E-state index contributed by atoms with van der Waals surface area (Å²) in [4.78, 5) is 29.5. The average Bonchev–Trinajstić information content (AvgIpc) is 2.91. The number of amides is 2. The van der Waals surface area contributed by atoms with Crippen LogP contribution in [0.25, 0.3) is 0 Å². The zero-order valence-electron chi connectivity index (χ0n) is 16.6. The second-order valence-electron chi connectivity index (χ2n) is 7.06. The lowest BCUT2D eigenvalue weighted by Crippen LogP contribution is -2.32. The third-order valence-electron chi connectivity index (χ3n) is 4.27. The third kappa shape index (κ3) is 4.63. The third-order valence-corrected chi connectivity index (χ3v) is 5.90. The van der Waals surface area contributed by atoms with Gasteiger partial charge < -0.3 is 10.6 Å². The zero-order valence-corrected chi connectivity index (χ0v) is 18.1. The molecule has 158 valence electrons. The summed E-state index contributed by atoms with van der Waals surface area (Å²) >= 11 is 6.03. The molecule has 0 unspecified atom stereocenters. The number of nitrogens with zero attached hydrogens (tertiary/aromatic N) is 1. The van der Waals surface area contributed by atoms with Crippen molar-refractivity contribution in [3.63, 3.8) is 0 Å². The number of carbonyl (C=O) groups excluding carboxylic acids is 2. The molecule has 2 amide bonds. The van der Waals surface area contributed by atoms with Crippen LogP contribution in [0.3, 0.4) is 0 Å². The summed E-state index contributed by atoms with van der Waals surface area (Å²) in [7, 11) is -3.70. The molecule has 3 rings (SSSR count). The number of halogens is 1. The van der Waals surface area contributed by atoms with E-state index in [0.29, 0.717) is 10.6 Å². The van der Waals surface area contributed by atoms with Crippen molar-refractivity contribution in [2.75, 3.05) is 5.32 Å². The highest BCUT2D eigenvalue weighted by atomic mass is 35.5. The van der Waals surface area contributed by atoms with Crippen LogP contribution >= 0.6 is 11.6 Å². The predicted octanol–water partition coefficient (Wildman–Crippen LogP) is 2.54. The molecule has 10 heteroatoms. The van der Waals surface area contributed by atoms with Crippen molar-refractivity contribution in [1.29, 1.82) is 0 Å². The number of amidine groups is 1. The van der Waals surface area contributed by atoms with Gasteiger partial charge in [0.25, 0.3) is 15.9 Å². The van der Waals surface area contributed by atoms with Gasteiger partial charge in [0.2, 0.25) is 5.91 Å². The Hall–Kier alpha value is -2.91. The largest absolute Gasteiger partial charge is 0.350 e. The molecule has 0 bridgehead atoms. The first-order valence-corrected chi connectivity index (χ1v) is 11.1. The molecule has 1 aliphatic rings. The quantitative estimate of drug-likeness (QED) is 0.651. The monoisotopic (exact) mass is 448 g/mol. The normalized spacial score (nSPS) is 16.6. The molecule has 3 N–H and O–H groups in total. The van der Waals surface area contributed by atoms with Crippen LogP contribution in [0.4, 0.5) is 5.69 Å². The fourth-order valence-corrected chi connectivity index (χ4v) is 4.29. The summed E-state index contributed by atoms with van der Waals surface area (Å²) in [6.45, 7) is 5.17. The Labute approximate surface area is 179 Å². The van der Waals surface area contributed by atoms with E-state index in [2.05, 4.69) is 20.3 Å². The van der Waals surface area contributed by atoms with Crippen molar-refractivity contribution < 1.29 is 18.0 Å². The molecule has 0 fully saturated rings. The first kappa shape index (κ1) is 21.8. The number of aliphatic imine (C=N–C) groups is 1. The van der Waals surface area contributed by atoms with Crippen molar-refractivity contribution in [3.05, 3.63) is 58.6 Å². The molecule has 2 aromatic rings. The van der Waals surface area contributed by atoms with Crippen LogP contribution in [0.15, 0.2) is 52.4 Å². The van der Waals surface area contributed by atoms with E-state index in [0.717, 1.165) is 0 Å². The van der Waals surface area contributed by atoms with Crippen LogP contribution in [0.2, 0.25) is 5.02 Å². The molecule has 0 radical (unpaired) electrons. The molecule has 0 aromatic heterocycles. The van der Waals surface area contributed by atoms with Crippen LogP contribution in [0.5, 0.6) is 0 Å². The molecule has 1 aliphatic heterocycles. The van der Waals surface area contributed by atoms with Gasteiger partial charge in [0.1, 0.15) is 11.9 Å². The number of hydrogen-bond donors (Lipinski definition) is 3. The van der Waals surface area contributed by atoms with Crippen molar-refractivity contribution in [2.45, 2.75) is 37.8 Å². The molecule has 0 aliphatic carbocycles. The Morgan fingerprint density at radius 1 is 1.10 bits per heavy atom. The number of fused-ring (bicyclic) bond motifs is 1. The number of carbonyl (C=O) groups is 2. The van der Waals surface area contributed by atoms with E-state index in [1.54, 1.807) is 24.3 Å². The fraction of sp³-hybridized carbons (Fsp3) is 0.250. The highest BCUT2D eigenvalue weighted by Gasteiger charge is 2.31. The number of benzene rings is 2. The molecular formula is C20H21ClN4O4S. The Bertz CT molecular complexity index is 1150. The summed E-state index contributed by atoms with van der Waals surface area (Å²) in [5.74, 6) is -0.780. The van der Waals surface area contributed by atoms with E-state index in [1.165, 1.54) is 25.1 Å².